The first-order valence-electron chi connectivity index (χ1n) is 4.31. The van der Waals surface area contributed by atoms with Crippen LogP contribution in [0.25, 0.3) is 0 Å². The standard InChI is InChI=1S/C10H7ClN4/c11-9-2-1-8(6-14-9)7-15-4-3-13-10(15)5-12/h1-4,6H,7H2. The van der Waals surface area contributed by atoms with Crippen molar-refractivity contribution in [3.8, 4) is 6.07 Å². The molecule has 74 valence electrons. The van der Waals surface area contributed by atoms with E-state index in [0.29, 0.717) is 17.5 Å². The van der Waals surface area contributed by atoms with Crippen molar-refractivity contribution in [3.05, 3.63) is 47.3 Å². The summed E-state index contributed by atoms with van der Waals surface area (Å²) in [7, 11) is 0. The van der Waals surface area contributed by atoms with E-state index in [2.05, 4.69) is 9.97 Å². The fourth-order valence-corrected chi connectivity index (χ4v) is 1.36. The molecule has 0 atom stereocenters. The molecule has 4 nitrogen and oxygen atoms in total. The second-order valence-electron chi connectivity index (χ2n) is 2.98. The first kappa shape index (κ1) is 9.69. The lowest BCUT2D eigenvalue weighted by Gasteiger charge is -2.02. The van der Waals surface area contributed by atoms with E-state index in [1.54, 1.807) is 29.2 Å². The summed E-state index contributed by atoms with van der Waals surface area (Å²) in [5.41, 5.74) is 0.980. The predicted octanol–water partition coefficient (Wildman–Crippen LogP) is 1.85. The second kappa shape index (κ2) is 4.11. The van der Waals surface area contributed by atoms with Crippen LogP contribution in [0.15, 0.2) is 30.7 Å². The van der Waals surface area contributed by atoms with Gasteiger partial charge in [0, 0.05) is 18.6 Å². The lowest BCUT2D eigenvalue weighted by Crippen LogP contribution is -2.01. The van der Waals surface area contributed by atoms with Gasteiger partial charge in [-0.15, -0.1) is 0 Å². The molecule has 0 amide bonds. The largest absolute Gasteiger partial charge is 0.318 e. The summed E-state index contributed by atoms with van der Waals surface area (Å²) >= 11 is 5.67. The molecule has 2 rings (SSSR count). The highest BCUT2D eigenvalue weighted by atomic mass is 35.5. The Hall–Kier alpha value is -1.86. The van der Waals surface area contributed by atoms with Crippen LogP contribution in [0.4, 0.5) is 0 Å². The normalized spacial score (nSPS) is 9.87. The lowest BCUT2D eigenvalue weighted by atomic mass is 10.3. The van der Waals surface area contributed by atoms with Gasteiger partial charge >= 0.3 is 0 Å². The molecule has 0 aromatic carbocycles. The van der Waals surface area contributed by atoms with Crippen LogP contribution in [-0.2, 0) is 6.54 Å². The third-order valence-electron chi connectivity index (χ3n) is 1.96. The third-order valence-corrected chi connectivity index (χ3v) is 2.18. The minimum absolute atomic E-state index is 0.393. The molecule has 0 saturated carbocycles. The Kier molecular flexibility index (Phi) is 2.66. The molecule has 0 saturated heterocycles. The summed E-state index contributed by atoms with van der Waals surface area (Å²) in [5.74, 6) is 0.393. The SMILES string of the molecule is N#Cc1nccn1Cc1ccc(Cl)nc1. The molecule has 2 aromatic heterocycles. The molecule has 0 spiro atoms. The number of aromatic nitrogens is 3. The Morgan fingerprint density at radius 2 is 2.27 bits per heavy atom. The van der Waals surface area contributed by atoms with Crippen molar-refractivity contribution in [3.63, 3.8) is 0 Å². The predicted molar refractivity (Wildman–Crippen MR) is 55.3 cm³/mol. The molecule has 5 heteroatoms. The van der Waals surface area contributed by atoms with Gasteiger partial charge in [-0.3, -0.25) is 0 Å². The zero-order chi connectivity index (χ0) is 10.7. The number of pyridine rings is 1. The fourth-order valence-electron chi connectivity index (χ4n) is 1.25. The van der Waals surface area contributed by atoms with E-state index in [0.717, 1.165) is 5.56 Å². The van der Waals surface area contributed by atoms with Gasteiger partial charge in [-0.25, -0.2) is 9.97 Å². The summed E-state index contributed by atoms with van der Waals surface area (Å²) in [6, 6.07) is 5.61. The van der Waals surface area contributed by atoms with Gasteiger partial charge in [0.15, 0.2) is 0 Å². The van der Waals surface area contributed by atoms with E-state index in [9.17, 15) is 0 Å². The van der Waals surface area contributed by atoms with Gasteiger partial charge in [-0.1, -0.05) is 17.7 Å². The molecule has 0 aliphatic rings. The van der Waals surface area contributed by atoms with Gasteiger partial charge in [0.1, 0.15) is 11.2 Å². The Morgan fingerprint density at radius 3 is 2.93 bits per heavy atom. The maximum Gasteiger partial charge on any atom is 0.213 e. The van der Waals surface area contributed by atoms with E-state index in [1.807, 2.05) is 12.1 Å². The molecule has 0 aliphatic heterocycles. The Balaban J connectivity index is 2.23. The van der Waals surface area contributed by atoms with E-state index in [4.69, 9.17) is 16.9 Å². The average molecular weight is 219 g/mol. The summed E-state index contributed by atoms with van der Waals surface area (Å²) in [5, 5.41) is 9.22. The van der Waals surface area contributed by atoms with Crippen molar-refractivity contribution in [2.45, 2.75) is 6.54 Å². The van der Waals surface area contributed by atoms with Gasteiger partial charge in [-0.05, 0) is 11.6 Å². The zero-order valence-corrected chi connectivity index (χ0v) is 8.52. The molecule has 0 fully saturated rings. The highest BCUT2D eigenvalue weighted by Crippen LogP contribution is 2.07. The van der Waals surface area contributed by atoms with Crippen LogP contribution in [0, 0.1) is 11.3 Å². The minimum atomic E-state index is 0.393. The van der Waals surface area contributed by atoms with Crippen LogP contribution in [0.5, 0.6) is 0 Å². The van der Waals surface area contributed by atoms with Gasteiger partial charge in [-0.2, -0.15) is 5.26 Å². The fraction of sp³-hybridized carbons (Fsp3) is 0.100. The van der Waals surface area contributed by atoms with E-state index < -0.39 is 0 Å². The van der Waals surface area contributed by atoms with Crippen LogP contribution in [-0.4, -0.2) is 14.5 Å². The van der Waals surface area contributed by atoms with Gasteiger partial charge in [0.2, 0.25) is 5.82 Å². The number of halogens is 1. The first-order chi connectivity index (χ1) is 7.29. The number of nitrogens with zero attached hydrogens (tertiary/aromatic N) is 4. The molecular weight excluding hydrogens is 212 g/mol. The minimum Gasteiger partial charge on any atom is -0.318 e. The van der Waals surface area contributed by atoms with Crippen molar-refractivity contribution >= 4 is 11.6 Å². The number of imidazole rings is 1. The maximum atomic E-state index is 8.76. The van der Waals surface area contributed by atoms with Crippen molar-refractivity contribution < 1.29 is 0 Å². The maximum absolute atomic E-state index is 8.76. The number of hydrogen-bond donors (Lipinski definition) is 0. The van der Waals surface area contributed by atoms with Crippen molar-refractivity contribution in [1.29, 1.82) is 5.26 Å². The van der Waals surface area contributed by atoms with Gasteiger partial charge < -0.3 is 4.57 Å². The van der Waals surface area contributed by atoms with E-state index in [-0.39, 0.29) is 0 Å². The number of rotatable bonds is 2. The highest BCUT2D eigenvalue weighted by Gasteiger charge is 2.01. The quantitative estimate of drug-likeness (QED) is 0.723. The summed E-state index contributed by atoms with van der Waals surface area (Å²) in [6.07, 6.45) is 5.04. The second-order valence-corrected chi connectivity index (χ2v) is 3.37. The molecular formula is C10H7ClN4. The molecule has 0 aliphatic carbocycles. The molecule has 0 unspecified atom stereocenters. The number of hydrogen-bond acceptors (Lipinski definition) is 3. The first-order valence-corrected chi connectivity index (χ1v) is 4.69. The summed E-state index contributed by atoms with van der Waals surface area (Å²) < 4.78 is 1.75. The van der Waals surface area contributed by atoms with Crippen LogP contribution in [0.1, 0.15) is 11.4 Å². The van der Waals surface area contributed by atoms with Crippen LogP contribution < -0.4 is 0 Å². The van der Waals surface area contributed by atoms with Gasteiger partial charge in [0.05, 0.1) is 6.54 Å². The van der Waals surface area contributed by atoms with Crippen molar-refractivity contribution in [2.75, 3.05) is 0 Å². The molecule has 0 N–H and O–H groups in total. The van der Waals surface area contributed by atoms with E-state index >= 15 is 0 Å². The smallest absolute Gasteiger partial charge is 0.213 e. The molecule has 2 aromatic rings. The Morgan fingerprint density at radius 1 is 1.40 bits per heavy atom. The average Bonchev–Trinajstić information content (AvgIpc) is 2.69. The van der Waals surface area contributed by atoms with E-state index in [1.165, 1.54) is 0 Å². The molecule has 2 heterocycles. The summed E-state index contributed by atoms with van der Waals surface area (Å²) in [4.78, 5) is 7.87. The summed E-state index contributed by atoms with van der Waals surface area (Å²) in [6.45, 7) is 0.576. The van der Waals surface area contributed by atoms with Gasteiger partial charge in [0.25, 0.3) is 0 Å². The highest BCUT2D eigenvalue weighted by molar-refractivity contribution is 6.29. The lowest BCUT2D eigenvalue weighted by molar-refractivity contribution is 0.778. The monoisotopic (exact) mass is 218 g/mol. The Bertz CT molecular complexity index is 495. The number of nitriles is 1. The van der Waals surface area contributed by atoms with Crippen LogP contribution >= 0.6 is 11.6 Å². The van der Waals surface area contributed by atoms with Crippen molar-refractivity contribution in [2.24, 2.45) is 0 Å². The molecule has 15 heavy (non-hydrogen) atoms. The molecule has 0 bridgehead atoms. The Labute approximate surface area is 91.8 Å². The zero-order valence-electron chi connectivity index (χ0n) is 7.76. The third kappa shape index (κ3) is 2.14. The molecule has 0 radical (unpaired) electrons. The topological polar surface area (TPSA) is 54.5 Å². The van der Waals surface area contributed by atoms with Crippen molar-refractivity contribution in [1.82, 2.24) is 14.5 Å². The van der Waals surface area contributed by atoms with Crippen LogP contribution in [0.2, 0.25) is 5.15 Å². The van der Waals surface area contributed by atoms with Crippen LogP contribution in [0.3, 0.4) is 0 Å².